The Morgan fingerprint density at radius 1 is 1.35 bits per heavy atom. The number of guanidine groups is 1. The molecule has 0 amide bonds. The number of aryl methyl sites for hydroxylation is 1. The highest BCUT2D eigenvalue weighted by molar-refractivity contribution is 14.0. The number of benzene rings is 2. The second-order valence-electron chi connectivity index (χ2n) is 6.28. The standard InChI is InChI=1S/C20H25N3O2.HI/c1-4-14-6-5-7-17(9-14)23-20(21)22-12-16-11-19-15(8-13(2)25-19)10-18(16)24-3;/h5-7,9-11,13H,4,8,12H2,1-3H3,(H3,21,22,23);1H. The first-order valence-corrected chi connectivity index (χ1v) is 8.61. The second-order valence-corrected chi connectivity index (χ2v) is 6.28. The molecule has 0 bridgehead atoms. The smallest absolute Gasteiger partial charge is 0.193 e. The number of hydrogen-bond acceptors (Lipinski definition) is 3. The van der Waals surface area contributed by atoms with Crippen LogP contribution < -0.4 is 20.5 Å². The molecular formula is C20H26IN3O2. The number of fused-ring (bicyclic) bond motifs is 1. The topological polar surface area (TPSA) is 68.9 Å². The van der Waals surface area contributed by atoms with E-state index < -0.39 is 0 Å². The van der Waals surface area contributed by atoms with Gasteiger partial charge in [0, 0.05) is 23.2 Å². The van der Waals surface area contributed by atoms with Crippen molar-refractivity contribution in [2.45, 2.75) is 39.3 Å². The average molecular weight is 467 g/mol. The molecule has 1 atom stereocenters. The summed E-state index contributed by atoms with van der Waals surface area (Å²) < 4.78 is 11.3. The number of ether oxygens (including phenoxy) is 2. The molecule has 2 aromatic carbocycles. The number of nitrogens with two attached hydrogens (primary N) is 1. The third kappa shape index (κ3) is 4.81. The predicted molar refractivity (Wildman–Crippen MR) is 117 cm³/mol. The average Bonchev–Trinajstić information content (AvgIpc) is 2.98. The van der Waals surface area contributed by atoms with Crippen LogP contribution in [-0.2, 0) is 19.4 Å². The lowest BCUT2D eigenvalue weighted by Crippen LogP contribution is -2.22. The van der Waals surface area contributed by atoms with Crippen LogP contribution in [0.25, 0.3) is 0 Å². The van der Waals surface area contributed by atoms with Crippen molar-refractivity contribution in [3.8, 4) is 11.5 Å². The van der Waals surface area contributed by atoms with Crippen molar-refractivity contribution in [3.05, 3.63) is 53.1 Å². The van der Waals surface area contributed by atoms with Gasteiger partial charge in [-0.2, -0.15) is 0 Å². The van der Waals surface area contributed by atoms with Crippen molar-refractivity contribution in [1.82, 2.24) is 0 Å². The van der Waals surface area contributed by atoms with E-state index >= 15 is 0 Å². The molecule has 0 aromatic heterocycles. The number of nitrogens with one attached hydrogen (secondary N) is 1. The quantitative estimate of drug-likeness (QED) is 0.394. The van der Waals surface area contributed by atoms with Crippen LogP contribution in [0.4, 0.5) is 5.69 Å². The van der Waals surface area contributed by atoms with Gasteiger partial charge in [-0.3, -0.25) is 0 Å². The molecule has 0 aliphatic carbocycles. The molecule has 140 valence electrons. The van der Waals surface area contributed by atoms with Gasteiger partial charge in [0.2, 0.25) is 0 Å². The number of rotatable bonds is 5. The first-order chi connectivity index (χ1) is 12.1. The van der Waals surface area contributed by atoms with Crippen molar-refractivity contribution in [1.29, 1.82) is 0 Å². The zero-order valence-corrected chi connectivity index (χ0v) is 17.7. The summed E-state index contributed by atoms with van der Waals surface area (Å²) in [6.07, 6.45) is 2.10. The van der Waals surface area contributed by atoms with Crippen LogP contribution in [0.2, 0.25) is 0 Å². The molecule has 5 nitrogen and oxygen atoms in total. The van der Waals surface area contributed by atoms with E-state index in [1.165, 1.54) is 11.1 Å². The third-order valence-electron chi connectivity index (χ3n) is 4.33. The molecule has 0 fully saturated rings. The van der Waals surface area contributed by atoms with Gasteiger partial charge in [0.05, 0.1) is 13.7 Å². The van der Waals surface area contributed by atoms with Gasteiger partial charge in [0.15, 0.2) is 5.96 Å². The summed E-state index contributed by atoms with van der Waals surface area (Å²) >= 11 is 0. The number of hydrogen-bond donors (Lipinski definition) is 2. The highest BCUT2D eigenvalue weighted by atomic mass is 127. The van der Waals surface area contributed by atoms with Crippen LogP contribution in [0, 0.1) is 0 Å². The Morgan fingerprint density at radius 2 is 2.15 bits per heavy atom. The molecule has 0 spiro atoms. The van der Waals surface area contributed by atoms with Crippen molar-refractivity contribution < 1.29 is 9.47 Å². The zero-order chi connectivity index (χ0) is 17.8. The van der Waals surface area contributed by atoms with Gasteiger partial charge in [-0.1, -0.05) is 19.1 Å². The van der Waals surface area contributed by atoms with Gasteiger partial charge in [0.25, 0.3) is 0 Å². The fraction of sp³-hybridized carbons (Fsp3) is 0.350. The number of aliphatic imine (C=N–C) groups is 1. The first kappa shape index (κ1) is 20.4. The Kier molecular flexibility index (Phi) is 7.14. The molecule has 1 unspecified atom stereocenters. The van der Waals surface area contributed by atoms with Gasteiger partial charge in [-0.15, -0.1) is 24.0 Å². The van der Waals surface area contributed by atoms with E-state index in [-0.39, 0.29) is 30.1 Å². The van der Waals surface area contributed by atoms with E-state index in [0.717, 1.165) is 35.6 Å². The molecule has 3 rings (SSSR count). The Morgan fingerprint density at radius 3 is 2.88 bits per heavy atom. The van der Waals surface area contributed by atoms with E-state index in [2.05, 4.69) is 36.3 Å². The largest absolute Gasteiger partial charge is 0.496 e. The molecule has 1 aliphatic heterocycles. The second kappa shape index (κ2) is 9.12. The molecule has 0 saturated heterocycles. The minimum atomic E-state index is 0. The highest BCUT2D eigenvalue weighted by Crippen LogP contribution is 2.35. The van der Waals surface area contributed by atoms with Crippen LogP contribution in [0.5, 0.6) is 11.5 Å². The zero-order valence-electron chi connectivity index (χ0n) is 15.4. The van der Waals surface area contributed by atoms with E-state index in [9.17, 15) is 0 Å². The maximum Gasteiger partial charge on any atom is 0.193 e. The van der Waals surface area contributed by atoms with Gasteiger partial charge in [0.1, 0.15) is 17.6 Å². The number of methoxy groups -OCH3 is 1. The summed E-state index contributed by atoms with van der Waals surface area (Å²) in [5, 5.41) is 3.14. The minimum absolute atomic E-state index is 0. The van der Waals surface area contributed by atoms with Crippen LogP contribution >= 0.6 is 24.0 Å². The molecule has 0 radical (unpaired) electrons. The van der Waals surface area contributed by atoms with E-state index in [4.69, 9.17) is 15.2 Å². The van der Waals surface area contributed by atoms with Gasteiger partial charge >= 0.3 is 0 Å². The minimum Gasteiger partial charge on any atom is -0.496 e. The van der Waals surface area contributed by atoms with Crippen molar-refractivity contribution in [3.63, 3.8) is 0 Å². The third-order valence-corrected chi connectivity index (χ3v) is 4.33. The van der Waals surface area contributed by atoms with Crippen LogP contribution in [0.15, 0.2) is 41.4 Å². The highest BCUT2D eigenvalue weighted by Gasteiger charge is 2.21. The lowest BCUT2D eigenvalue weighted by atomic mass is 10.1. The normalized spacial score (nSPS) is 15.7. The molecule has 6 heteroatoms. The SMILES string of the molecule is CCc1cccc(NC(N)=NCc2cc3c(cc2OC)CC(C)O3)c1.I. The number of nitrogens with zero attached hydrogens (tertiary/aromatic N) is 1. The Hall–Kier alpha value is -1.96. The molecule has 2 aromatic rings. The lowest BCUT2D eigenvalue weighted by Gasteiger charge is -2.11. The summed E-state index contributed by atoms with van der Waals surface area (Å²) in [5.74, 6) is 2.12. The number of anilines is 1. The van der Waals surface area contributed by atoms with E-state index in [0.29, 0.717) is 12.5 Å². The van der Waals surface area contributed by atoms with Crippen molar-refractivity contribution in [2.24, 2.45) is 10.7 Å². The van der Waals surface area contributed by atoms with Crippen LogP contribution in [-0.4, -0.2) is 19.2 Å². The fourth-order valence-electron chi connectivity index (χ4n) is 3.02. The van der Waals surface area contributed by atoms with E-state index in [1.54, 1.807) is 7.11 Å². The van der Waals surface area contributed by atoms with Crippen molar-refractivity contribution in [2.75, 3.05) is 12.4 Å². The first-order valence-electron chi connectivity index (χ1n) is 8.61. The monoisotopic (exact) mass is 467 g/mol. The fourth-order valence-corrected chi connectivity index (χ4v) is 3.02. The summed E-state index contributed by atoms with van der Waals surface area (Å²) in [4.78, 5) is 4.45. The molecule has 26 heavy (non-hydrogen) atoms. The molecular weight excluding hydrogens is 441 g/mol. The Labute approximate surface area is 172 Å². The van der Waals surface area contributed by atoms with Gasteiger partial charge in [-0.25, -0.2) is 4.99 Å². The summed E-state index contributed by atoms with van der Waals surface area (Å²) in [7, 11) is 1.67. The van der Waals surface area contributed by atoms with Gasteiger partial charge in [-0.05, 0) is 43.2 Å². The summed E-state index contributed by atoms with van der Waals surface area (Å²) in [6, 6.07) is 12.2. The molecule has 1 heterocycles. The Bertz CT molecular complexity index is 793. The Balaban J connectivity index is 0.00000243. The van der Waals surface area contributed by atoms with Crippen LogP contribution in [0.3, 0.4) is 0 Å². The van der Waals surface area contributed by atoms with Gasteiger partial charge < -0.3 is 20.5 Å². The maximum absolute atomic E-state index is 6.04. The summed E-state index contributed by atoms with van der Waals surface area (Å²) in [5.41, 5.74) is 10.4. The van der Waals surface area contributed by atoms with E-state index in [1.807, 2.05) is 24.3 Å². The number of halogens is 1. The maximum atomic E-state index is 6.04. The van der Waals surface area contributed by atoms with Crippen molar-refractivity contribution >= 4 is 35.6 Å². The summed E-state index contributed by atoms with van der Waals surface area (Å²) in [6.45, 7) is 4.62. The van der Waals surface area contributed by atoms with Crippen LogP contribution in [0.1, 0.15) is 30.5 Å². The lowest BCUT2D eigenvalue weighted by molar-refractivity contribution is 0.254. The molecule has 1 aliphatic rings. The molecule has 0 saturated carbocycles. The predicted octanol–water partition coefficient (Wildman–Crippen LogP) is 4.13. The molecule has 3 N–H and O–H groups in total.